The van der Waals surface area contributed by atoms with Crippen LogP contribution in [0, 0.1) is 0 Å². The Labute approximate surface area is 80.8 Å². The summed E-state index contributed by atoms with van der Waals surface area (Å²) in [6.45, 7) is 1.40. The van der Waals surface area contributed by atoms with Gasteiger partial charge in [0, 0.05) is 12.4 Å². The highest BCUT2D eigenvalue weighted by atomic mass is 16.4. The monoisotopic (exact) mass is 194 g/mol. The Morgan fingerprint density at radius 3 is 2.79 bits per heavy atom. The maximum Gasteiger partial charge on any atom is 0.325 e. The van der Waals surface area contributed by atoms with Crippen LogP contribution < -0.4 is 5.32 Å². The summed E-state index contributed by atoms with van der Waals surface area (Å²) in [4.78, 5) is 25.5. The molecule has 5 heteroatoms. The van der Waals surface area contributed by atoms with Gasteiger partial charge in [-0.3, -0.25) is 14.6 Å². The highest BCUT2D eigenvalue weighted by molar-refractivity contribution is 5.96. The van der Waals surface area contributed by atoms with Gasteiger partial charge in [0.2, 0.25) is 0 Å². The highest BCUT2D eigenvalue weighted by Gasteiger charge is 2.14. The van der Waals surface area contributed by atoms with Crippen molar-refractivity contribution in [1.82, 2.24) is 10.3 Å². The summed E-state index contributed by atoms with van der Waals surface area (Å²) in [7, 11) is 0. The van der Waals surface area contributed by atoms with Gasteiger partial charge in [0.05, 0.1) is 5.56 Å². The van der Waals surface area contributed by atoms with Gasteiger partial charge < -0.3 is 10.4 Å². The lowest BCUT2D eigenvalue weighted by molar-refractivity contribution is -0.138. The second-order valence-electron chi connectivity index (χ2n) is 2.78. The summed E-state index contributed by atoms with van der Waals surface area (Å²) in [5.74, 6) is -1.50. The minimum Gasteiger partial charge on any atom is -0.480 e. The molecule has 0 aromatic carbocycles. The molecule has 1 heterocycles. The number of hydrogen-bond acceptors (Lipinski definition) is 3. The van der Waals surface area contributed by atoms with E-state index in [0.717, 1.165) is 0 Å². The zero-order valence-electron chi connectivity index (χ0n) is 7.60. The largest absolute Gasteiger partial charge is 0.480 e. The number of carbonyl (C=O) groups excluding carboxylic acids is 1. The maximum absolute atomic E-state index is 11.3. The average Bonchev–Trinajstić information content (AvgIpc) is 2.19. The Morgan fingerprint density at radius 1 is 1.57 bits per heavy atom. The lowest BCUT2D eigenvalue weighted by atomic mass is 10.2. The highest BCUT2D eigenvalue weighted by Crippen LogP contribution is 1.96. The number of aromatic nitrogens is 1. The number of carboxylic acids is 1. The number of hydrogen-bond donors (Lipinski definition) is 2. The number of pyridine rings is 1. The number of rotatable bonds is 3. The van der Waals surface area contributed by atoms with Gasteiger partial charge >= 0.3 is 5.97 Å². The molecule has 1 amide bonds. The van der Waals surface area contributed by atoms with E-state index in [-0.39, 0.29) is 0 Å². The van der Waals surface area contributed by atoms with Crippen LogP contribution in [0.2, 0.25) is 0 Å². The molecule has 14 heavy (non-hydrogen) atoms. The van der Waals surface area contributed by atoms with Crippen molar-refractivity contribution in [1.29, 1.82) is 0 Å². The van der Waals surface area contributed by atoms with Gasteiger partial charge in [0.1, 0.15) is 6.04 Å². The molecule has 1 aromatic heterocycles. The molecule has 0 saturated carbocycles. The predicted octanol–water partition coefficient (Wildman–Crippen LogP) is 0.284. The van der Waals surface area contributed by atoms with Gasteiger partial charge in [0.25, 0.3) is 5.91 Å². The number of carboxylic acid groups (broad SMARTS) is 1. The van der Waals surface area contributed by atoms with Crippen LogP contribution in [0.5, 0.6) is 0 Å². The first-order valence-corrected chi connectivity index (χ1v) is 4.05. The predicted molar refractivity (Wildman–Crippen MR) is 48.8 cm³/mol. The molecule has 0 unspecified atom stereocenters. The standard InChI is InChI=1S/C9H10N2O3/c1-6(9(13)14)11-8(12)7-3-2-4-10-5-7/h2-6H,1H3,(H,11,12)(H,13,14)/t6-/m1/s1. The molecule has 0 radical (unpaired) electrons. The van der Waals surface area contributed by atoms with Gasteiger partial charge in [-0.05, 0) is 19.1 Å². The Kier molecular flexibility index (Phi) is 3.17. The summed E-state index contributed by atoms with van der Waals surface area (Å²) < 4.78 is 0. The zero-order valence-corrected chi connectivity index (χ0v) is 7.60. The van der Waals surface area contributed by atoms with Crippen LogP contribution in [0.3, 0.4) is 0 Å². The van der Waals surface area contributed by atoms with Crippen LogP contribution in [0.4, 0.5) is 0 Å². The number of amides is 1. The normalized spacial score (nSPS) is 11.8. The molecule has 74 valence electrons. The van der Waals surface area contributed by atoms with Crippen molar-refractivity contribution in [2.45, 2.75) is 13.0 Å². The van der Waals surface area contributed by atoms with E-state index in [4.69, 9.17) is 5.11 Å². The van der Waals surface area contributed by atoms with E-state index in [9.17, 15) is 9.59 Å². The second-order valence-corrected chi connectivity index (χ2v) is 2.78. The van der Waals surface area contributed by atoms with Crippen molar-refractivity contribution >= 4 is 11.9 Å². The third-order valence-corrected chi connectivity index (χ3v) is 1.64. The summed E-state index contributed by atoms with van der Waals surface area (Å²) in [6.07, 6.45) is 2.92. The van der Waals surface area contributed by atoms with Crippen molar-refractivity contribution in [3.63, 3.8) is 0 Å². The summed E-state index contributed by atoms with van der Waals surface area (Å²) in [5, 5.41) is 10.9. The fourth-order valence-electron chi connectivity index (χ4n) is 0.839. The molecule has 0 bridgehead atoms. The Hall–Kier alpha value is -1.91. The Morgan fingerprint density at radius 2 is 2.29 bits per heavy atom. The van der Waals surface area contributed by atoms with Crippen molar-refractivity contribution in [2.24, 2.45) is 0 Å². The summed E-state index contributed by atoms with van der Waals surface area (Å²) in [6, 6.07) is 2.28. The number of nitrogens with zero attached hydrogens (tertiary/aromatic N) is 1. The Bertz CT molecular complexity index is 337. The molecule has 0 fully saturated rings. The van der Waals surface area contributed by atoms with E-state index < -0.39 is 17.9 Å². The first kappa shape index (κ1) is 10.2. The van der Waals surface area contributed by atoms with E-state index >= 15 is 0 Å². The molecule has 0 spiro atoms. The van der Waals surface area contributed by atoms with E-state index in [2.05, 4.69) is 10.3 Å². The van der Waals surface area contributed by atoms with Gasteiger partial charge in [-0.25, -0.2) is 0 Å². The van der Waals surface area contributed by atoms with Crippen LogP contribution in [-0.2, 0) is 4.79 Å². The maximum atomic E-state index is 11.3. The molecular formula is C9H10N2O3. The first-order valence-electron chi connectivity index (χ1n) is 4.05. The van der Waals surface area contributed by atoms with Crippen LogP contribution in [0.25, 0.3) is 0 Å². The van der Waals surface area contributed by atoms with Gasteiger partial charge in [-0.1, -0.05) is 0 Å². The van der Waals surface area contributed by atoms with Crippen LogP contribution in [0.1, 0.15) is 17.3 Å². The molecule has 5 nitrogen and oxygen atoms in total. The molecule has 1 atom stereocenters. The number of carbonyl (C=O) groups is 2. The van der Waals surface area contributed by atoms with E-state index in [1.807, 2.05) is 0 Å². The van der Waals surface area contributed by atoms with Crippen molar-refractivity contribution in [2.75, 3.05) is 0 Å². The van der Waals surface area contributed by atoms with E-state index in [1.54, 1.807) is 12.1 Å². The first-order chi connectivity index (χ1) is 6.61. The van der Waals surface area contributed by atoms with Crippen molar-refractivity contribution < 1.29 is 14.7 Å². The van der Waals surface area contributed by atoms with Gasteiger partial charge in [-0.15, -0.1) is 0 Å². The fraction of sp³-hybridized carbons (Fsp3) is 0.222. The quantitative estimate of drug-likeness (QED) is 0.724. The van der Waals surface area contributed by atoms with Gasteiger partial charge in [-0.2, -0.15) is 0 Å². The molecule has 0 aliphatic heterocycles. The minimum atomic E-state index is -1.07. The minimum absolute atomic E-state index is 0.348. The molecule has 1 rings (SSSR count). The molecular weight excluding hydrogens is 184 g/mol. The second kappa shape index (κ2) is 4.36. The average molecular weight is 194 g/mol. The van der Waals surface area contributed by atoms with Gasteiger partial charge in [0.15, 0.2) is 0 Å². The van der Waals surface area contributed by atoms with Crippen molar-refractivity contribution in [3.8, 4) is 0 Å². The summed E-state index contributed by atoms with van der Waals surface area (Å²) >= 11 is 0. The number of nitrogens with one attached hydrogen (secondary N) is 1. The topological polar surface area (TPSA) is 79.3 Å². The van der Waals surface area contributed by atoms with E-state index in [0.29, 0.717) is 5.56 Å². The molecule has 0 aliphatic carbocycles. The third kappa shape index (κ3) is 2.55. The Balaban J connectivity index is 2.64. The lowest BCUT2D eigenvalue weighted by Crippen LogP contribution is -2.38. The van der Waals surface area contributed by atoms with Crippen molar-refractivity contribution in [3.05, 3.63) is 30.1 Å². The van der Waals surface area contributed by atoms with Crippen LogP contribution in [-0.4, -0.2) is 28.0 Å². The zero-order chi connectivity index (χ0) is 10.6. The van der Waals surface area contributed by atoms with E-state index in [1.165, 1.54) is 19.3 Å². The SMILES string of the molecule is C[C@@H](NC(=O)c1cccnc1)C(=O)O. The molecule has 0 aliphatic rings. The third-order valence-electron chi connectivity index (χ3n) is 1.64. The summed E-state index contributed by atoms with van der Waals surface area (Å²) in [5.41, 5.74) is 0.348. The van der Waals surface area contributed by atoms with Crippen LogP contribution >= 0.6 is 0 Å². The molecule has 0 saturated heterocycles. The smallest absolute Gasteiger partial charge is 0.325 e. The fourth-order valence-corrected chi connectivity index (χ4v) is 0.839. The van der Waals surface area contributed by atoms with Crippen LogP contribution in [0.15, 0.2) is 24.5 Å². The number of aliphatic carboxylic acids is 1. The lowest BCUT2D eigenvalue weighted by Gasteiger charge is -2.08. The molecule has 2 N–H and O–H groups in total. The molecule has 1 aromatic rings.